The van der Waals surface area contributed by atoms with Gasteiger partial charge in [0.25, 0.3) is 5.91 Å². The molecular formula is C20H17N5O2. The number of carbonyl (C=O) groups excluding carboxylic acids is 2. The Morgan fingerprint density at radius 2 is 2.00 bits per heavy atom. The van der Waals surface area contributed by atoms with Gasteiger partial charge < -0.3 is 0 Å². The van der Waals surface area contributed by atoms with Crippen LogP contribution in [0.15, 0.2) is 48.7 Å². The Bertz CT molecular complexity index is 1110. The van der Waals surface area contributed by atoms with Gasteiger partial charge in [-0.3, -0.25) is 24.8 Å². The zero-order chi connectivity index (χ0) is 19.0. The number of rotatable bonds is 3. The predicted octanol–water partition coefficient (Wildman–Crippen LogP) is 2.01. The average molecular weight is 359 g/mol. The Hall–Kier alpha value is -3.66. The zero-order valence-electron chi connectivity index (χ0n) is 14.7. The third-order valence-electron chi connectivity index (χ3n) is 4.94. The maximum absolute atomic E-state index is 12.7. The lowest BCUT2D eigenvalue weighted by atomic mass is 9.94. The second kappa shape index (κ2) is 6.25. The number of amides is 2. The largest absolute Gasteiger partial charge is 0.295 e. The molecule has 0 radical (unpaired) electrons. The van der Waals surface area contributed by atoms with Gasteiger partial charge >= 0.3 is 0 Å². The van der Waals surface area contributed by atoms with E-state index in [0.717, 1.165) is 5.56 Å². The van der Waals surface area contributed by atoms with Crippen molar-refractivity contribution in [3.8, 4) is 6.07 Å². The van der Waals surface area contributed by atoms with Crippen LogP contribution in [-0.2, 0) is 10.2 Å². The number of aromatic nitrogens is 2. The van der Waals surface area contributed by atoms with Gasteiger partial charge in [-0.2, -0.15) is 5.26 Å². The highest BCUT2D eigenvalue weighted by molar-refractivity contribution is 5.98. The van der Waals surface area contributed by atoms with Gasteiger partial charge in [0, 0.05) is 6.20 Å². The van der Waals surface area contributed by atoms with E-state index < -0.39 is 11.3 Å². The number of imidazole rings is 1. The van der Waals surface area contributed by atoms with E-state index >= 15 is 0 Å². The summed E-state index contributed by atoms with van der Waals surface area (Å²) in [6, 6.07) is 14.6. The van der Waals surface area contributed by atoms with E-state index in [1.54, 1.807) is 35.7 Å². The molecule has 7 nitrogen and oxygen atoms in total. The van der Waals surface area contributed by atoms with Crippen LogP contribution in [0.5, 0.6) is 0 Å². The number of benzene rings is 1. The molecule has 134 valence electrons. The highest BCUT2D eigenvalue weighted by Gasteiger charge is 2.51. The Morgan fingerprint density at radius 1 is 1.19 bits per heavy atom. The lowest BCUT2D eigenvalue weighted by Crippen LogP contribution is -2.47. The van der Waals surface area contributed by atoms with Gasteiger partial charge in [-0.05, 0) is 49.6 Å². The first-order chi connectivity index (χ1) is 13.0. The molecule has 2 amide bonds. The van der Waals surface area contributed by atoms with Crippen LogP contribution in [0.1, 0.15) is 40.2 Å². The van der Waals surface area contributed by atoms with Crippen molar-refractivity contribution in [2.24, 2.45) is 0 Å². The SMILES string of the molecule is Cc1nc2ccccn2c1C(=O)NNC(=O)C1(c2cccc(C#N)c2)CC1. The molecule has 1 aliphatic rings. The van der Waals surface area contributed by atoms with E-state index in [1.807, 2.05) is 24.3 Å². The van der Waals surface area contributed by atoms with E-state index in [2.05, 4.69) is 21.9 Å². The summed E-state index contributed by atoms with van der Waals surface area (Å²) < 4.78 is 1.68. The Labute approximate surface area is 155 Å². The number of aryl methyl sites for hydroxylation is 1. The third-order valence-corrected chi connectivity index (χ3v) is 4.94. The molecule has 0 spiro atoms. The molecule has 0 bridgehead atoms. The van der Waals surface area contributed by atoms with Gasteiger partial charge in [-0.1, -0.05) is 18.2 Å². The van der Waals surface area contributed by atoms with Crippen LogP contribution in [0.25, 0.3) is 5.65 Å². The monoisotopic (exact) mass is 359 g/mol. The molecule has 27 heavy (non-hydrogen) atoms. The Morgan fingerprint density at radius 3 is 2.74 bits per heavy atom. The van der Waals surface area contributed by atoms with Gasteiger partial charge in [0.15, 0.2) is 0 Å². The molecular weight excluding hydrogens is 342 g/mol. The minimum atomic E-state index is -0.686. The van der Waals surface area contributed by atoms with Crippen LogP contribution in [0.4, 0.5) is 0 Å². The van der Waals surface area contributed by atoms with Crippen molar-refractivity contribution < 1.29 is 9.59 Å². The van der Waals surface area contributed by atoms with E-state index in [0.29, 0.717) is 35.4 Å². The van der Waals surface area contributed by atoms with E-state index in [-0.39, 0.29) is 5.91 Å². The first kappa shape index (κ1) is 16.8. The number of nitrogens with zero attached hydrogens (tertiary/aromatic N) is 3. The van der Waals surface area contributed by atoms with Crippen molar-refractivity contribution in [2.75, 3.05) is 0 Å². The van der Waals surface area contributed by atoms with Crippen molar-refractivity contribution >= 4 is 17.5 Å². The molecule has 1 fully saturated rings. The summed E-state index contributed by atoms with van der Waals surface area (Å²) in [5.74, 6) is -0.710. The molecule has 0 saturated heterocycles. The molecule has 2 heterocycles. The summed E-state index contributed by atoms with van der Waals surface area (Å²) in [6.45, 7) is 1.75. The summed E-state index contributed by atoms with van der Waals surface area (Å²) in [6.07, 6.45) is 3.11. The number of carbonyl (C=O) groups is 2. The molecule has 1 aromatic carbocycles. The van der Waals surface area contributed by atoms with E-state index in [4.69, 9.17) is 5.26 Å². The van der Waals surface area contributed by atoms with Crippen LogP contribution in [0, 0.1) is 18.3 Å². The number of hydrogen-bond acceptors (Lipinski definition) is 4. The maximum atomic E-state index is 12.7. The first-order valence-electron chi connectivity index (χ1n) is 8.60. The van der Waals surface area contributed by atoms with Gasteiger partial charge in [0.1, 0.15) is 11.3 Å². The number of nitrogens with one attached hydrogen (secondary N) is 2. The van der Waals surface area contributed by atoms with Crippen molar-refractivity contribution in [3.63, 3.8) is 0 Å². The first-order valence-corrected chi connectivity index (χ1v) is 8.60. The predicted molar refractivity (Wildman–Crippen MR) is 97.6 cm³/mol. The summed E-state index contributed by atoms with van der Waals surface area (Å²) >= 11 is 0. The molecule has 0 atom stereocenters. The lowest BCUT2D eigenvalue weighted by molar-refractivity contribution is -0.124. The summed E-state index contributed by atoms with van der Waals surface area (Å²) in [7, 11) is 0. The van der Waals surface area contributed by atoms with Crippen LogP contribution in [-0.4, -0.2) is 21.2 Å². The lowest BCUT2D eigenvalue weighted by Gasteiger charge is -2.16. The summed E-state index contributed by atoms with van der Waals surface area (Å²) in [5, 5.41) is 9.07. The Kier molecular flexibility index (Phi) is 3.89. The Balaban J connectivity index is 1.51. The molecule has 7 heteroatoms. The molecule has 3 aromatic rings. The average Bonchev–Trinajstić information content (AvgIpc) is 3.43. The van der Waals surface area contributed by atoms with Crippen molar-refractivity contribution in [1.29, 1.82) is 5.26 Å². The summed E-state index contributed by atoms with van der Waals surface area (Å²) in [4.78, 5) is 29.7. The molecule has 1 saturated carbocycles. The fourth-order valence-electron chi connectivity index (χ4n) is 3.34. The van der Waals surface area contributed by atoms with Crippen LogP contribution in [0.3, 0.4) is 0 Å². The number of hydrazine groups is 1. The molecule has 2 aromatic heterocycles. The van der Waals surface area contributed by atoms with Crippen molar-refractivity contribution in [1.82, 2.24) is 20.2 Å². The molecule has 0 aliphatic heterocycles. The quantitative estimate of drug-likeness (QED) is 0.699. The maximum Gasteiger partial charge on any atom is 0.288 e. The molecule has 0 unspecified atom stereocenters. The fourth-order valence-corrected chi connectivity index (χ4v) is 3.34. The second-order valence-electron chi connectivity index (χ2n) is 6.66. The molecule has 2 N–H and O–H groups in total. The molecule has 1 aliphatic carbocycles. The topological polar surface area (TPSA) is 99.3 Å². The minimum Gasteiger partial charge on any atom is -0.295 e. The van der Waals surface area contributed by atoms with E-state index in [9.17, 15) is 9.59 Å². The number of pyridine rings is 1. The summed E-state index contributed by atoms with van der Waals surface area (Å²) in [5.41, 5.74) is 7.27. The van der Waals surface area contributed by atoms with Crippen molar-refractivity contribution in [3.05, 3.63) is 71.2 Å². The van der Waals surface area contributed by atoms with Crippen LogP contribution < -0.4 is 10.9 Å². The zero-order valence-corrected chi connectivity index (χ0v) is 14.7. The normalized spacial score (nSPS) is 14.4. The van der Waals surface area contributed by atoms with Gasteiger partial charge in [-0.25, -0.2) is 4.98 Å². The standard InChI is InChI=1S/C20H17N5O2/c1-13-17(25-10-3-2-7-16(25)22-13)18(26)23-24-19(27)20(8-9-20)15-6-4-5-14(11-15)12-21/h2-7,10-11H,8-9H2,1H3,(H,23,26)(H,24,27). The number of hydrogen-bond donors (Lipinski definition) is 2. The van der Waals surface area contributed by atoms with E-state index in [1.165, 1.54) is 0 Å². The van der Waals surface area contributed by atoms with Gasteiger partial charge in [0.2, 0.25) is 5.91 Å². The smallest absolute Gasteiger partial charge is 0.288 e. The minimum absolute atomic E-state index is 0.280. The van der Waals surface area contributed by atoms with Crippen LogP contribution >= 0.6 is 0 Å². The fraction of sp³-hybridized carbons (Fsp3) is 0.200. The third kappa shape index (κ3) is 2.81. The van der Waals surface area contributed by atoms with Gasteiger partial charge in [-0.15, -0.1) is 0 Å². The highest BCUT2D eigenvalue weighted by Crippen LogP contribution is 2.48. The highest BCUT2D eigenvalue weighted by atomic mass is 16.2. The second-order valence-corrected chi connectivity index (χ2v) is 6.66. The van der Waals surface area contributed by atoms with Crippen molar-refractivity contribution in [2.45, 2.75) is 25.2 Å². The number of fused-ring (bicyclic) bond motifs is 1. The van der Waals surface area contributed by atoms with Gasteiger partial charge in [0.05, 0.1) is 22.7 Å². The van der Waals surface area contributed by atoms with Crippen LogP contribution in [0.2, 0.25) is 0 Å². The number of nitriles is 1. The molecule has 4 rings (SSSR count).